The first-order valence-corrected chi connectivity index (χ1v) is 10.8. The summed E-state index contributed by atoms with van der Waals surface area (Å²) in [5, 5.41) is 11.2. The van der Waals surface area contributed by atoms with Crippen LogP contribution in [0.4, 0.5) is 11.4 Å². The van der Waals surface area contributed by atoms with Gasteiger partial charge >= 0.3 is 0 Å². The van der Waals surface area contributed by atoms with Crippen LogP contribution < -0.4 is 11.1 Å². The lowest BCUT2D eigenvalue weighted by atomic mass is 10.0. The molecule has 0 aliphatic carbocycles. The zero-order valence-electron chi connectivity index (χ0n) is 18.3. The Labute approximate surface area is 196 Å². The molecule has 0 fully saturated rings. The highest BCUT2D eigenvalue weighted by Crippen LogP contribution is 2.27. The van der Waals surface area contributed by atoms with Gasteiger partial charge in [0.25, 0.3) is 5.91 Å². The summed E-state index contributed by atoms with van der Waals surface area (Å²) in [6.07, 6.45) is 5.22. The van der Waals surface area contributed by atoms with Crippen molar-refractivity contribution in [2.75, 3.05) is 11.1 Å². The van der Waals surface area contributed by atoms with Gasteiger partial charge in [0.15, 0.2) is 0 Å². The minimum Gasteiger partial charge on any atom is -0.397 e. The predicted octanol–water partition coefficient (Wildman–Crippen LogP) is 4.89. The van der Waals surface area contributed by atoms with Crippen LogP contribution in [0.1, 0.15) is 15.9 Å². The molecule has 166 valence electrons. The van der Waals surface area contributed by atoms with Gasteiger partial charge in [-0.15, -0.1) is 5.10 Å². The minimum atomic E-state index is -0.222. The quantitative estimate of drug-likeness (QED) is 0.362. The highest BCUT2D eigenvalue weighted by molar-refractivity contribution is 6.06. The normalized spacial score (nSPS) is 10.7. The molecule has 3 aromatic carbocycles. The molecule has 2 aromatic heterocycles. The topological polar surface area (TPSA) is 98.7 Å². The number of nitrogens with two attached hydrogens (primary N) is 1. The number of carbonyl (C=O) groups excluding carboxylic acids is 1. The van der Waals surface area contributed by atoms with Gasteiger partial charge in [0.05, 0.1) is 29.8 Å². The van der Waals surface area contributed by atoms with Crippen LogP contribution in [0.5, 0.6) is 0 Å². The largest absolute Gasteiger partial charge is 0.397 e. The summed E-state index contributed by atoms with van der Waals surface area (Å²) in [5.41, 5.74) is 12.6. The number of amides is 1. The van der Waals surface area contributed by atoms with Gasteiger partial charge in [0.1, 0.15) is 0 Å². The molecule has 7 nitrogen and oxygen atoms in total. The Bertz CT molecular complexity index is 1410. The molecule has 0 radical (unpaired) electrons. The number of nitrogen functional groups attached to an aromatic ring is 1. The van der Waals surface area contributed by atoms with Crippen molar-refractivity contribution in [3.63, 3.8) is 0 Å². The second-order valence-electron chi connectivity index (χ2n) is 7.84. The standard InChI is InChI=1S/C27H22N6O/c28-24-13-12-22(20-5-2-1-3-6-20)15-25(24)31-27(34)21-10-8-19(9-11-21)18-33-26(17-30-32-33)23-7-4-14-29-16-23/h1-17H,18,28H2,(H,31,34). The summed E-state index contributed by atoms with van der Waals surface area (Å²) < 4.78 is 1.81. The van der Waals surface area contributed by atoms with Gasteiger partial charge < -0.3 is 11.1 Å². The second kappa shape index (κ2) is 9.38. The molecule has 0 atom stereocenters. The number of hydrogen-bond acceptors (Lipinski definition) is 5. The SMILES string of the molecule is Nc1ccc(-c2ccccc2)cc1NC(=O)c1ccc(Cn2nncc2-c2cccnc2)cc1. The third-order valence-corrected chi connectivity index (χ3v) is 5.53. The first kappa shape index (κ1) is 21.1. The van der Waals surface area contributed by atoms with Crippen LogP contribution in [-0.2, 0) is 6.54 Å². The molecule has 0 spiro atoms. The van der Waals surface area contributed by atoms with Gasteiger partial charge in [-0.2, -0.15) is 0 Å². The molecule has 0 saturated carbocycles. The number of hydrogen-bond donors (Lipinski definition) is 2. The Kier molecular flexibility index (Phi) is 5.82. The molecule has 0 saturated heterocycles. The lowest BCUT2D eigenvalue weighted by molar-refractivity contribution is 0.102. The number of nitrogens with zero attached hydrogens (tertiary/aromatic N) is 4. The summed E-state index contributed by atoms with van der Waals surface area (Å²) in [6.45, 7) is 0.526. The van der Waals surface area contributed by atoms with Crippen LogP contribution in [0.25, 0.3) is 22.4 Å². The lowest BCUT2D eigenvalue weighted by Gasteiger charge is -2.11. The van der Waals surface area contributed by atoms with E-state index in [9.17, 15) is 4.79 Å². The van der Waals surface area contributed by atoms with E-state index in [4.69, 9.17) is 5.73 Å². The van der Waals surface area contributed by atoms with E-state index in [0.29, 0.717) is 23.5 Å². The van der Waals surface area contributed by atoms with E-state index in [1.54, 1.807) is 36.8 Å². The van der Waals surface area contributed by atoms with Gasteiger partial charge in [-0.25, -0.2) is 4.68 Å². The van der Waals surface area contributed by atoms with E-state index in [1.807, 2.05) is 71.4 Å². The van der Waals surface area contributed by atoms with Crippen molar-refractivity contribution < 1.29 is 4.79 Å². The highest BCUT2D eigenvalue weighted by atomic mass is 16.1. The van der Waals surface area contributed by atoms with Crippen molar-refractivity contribution in [2.24, 2.45) is 0 Å². The van der Waals surface area contributed by atoms with Crippen molar-refractivity contribution in [2.45, 2.75) is 6.54 Å². The molecule has 3 N–H and O–H groups in total. The number of pyridine rings is 1. The van der Waals surface area contributed by atoms with Crippen LogP contribution in [0.15, 0.2) is 104 Å². The first-order chi connectivity index (χ1) is 16.7. The molecule has 7 heteroatoms. The van der Waals surface area contributed by atoms with Crippen LogP contribution in [0.3, 0.4) is 0 Å². The van der Waals surface area contributed by atoms with Crippen molar-refractivity contribution in [1.82, 2.24) is 20.0 Å². The Morgan fingerprint density at radius 3 is 2.41 bits per heavy atom. The Morgan fingerprint density at radius 2 is 1.65 bits per heavy atom. The summed E-state index contributed by atoms with van der Waals surface area (Å²) in [6, 6.07) is 26.8. The molecular weight excluding hydrogens is 424 g/mol. The average Bonchev–Trinajstić information content (AvgIpc) is 3.35. The molecule has 2 heterocycles. The molecule has 1 amide bonds. The fraction of sp³-hybridized carbons (Fsp3) is 0.0370. The van der Waals surface area contributed by atoms with Crippen LogP contribution in [0, 0.1) is 0 Å². The molecule has 0 bridgehead atoms. The first-order valence-electron chi connectivity index (χ1n) is 10.8. The number of anilines is 2. The fourth-order valence-corrected chi connectivity index (χ4v) is 3.72. The Morgan fingerprint density at radius 1 is 0.853 bits per heavy atom. The van der Waals surface area contributed by atoms with Crippen LogP contribution in [-0.4, -0.2) is 25.9 Å². The molecule has 0 aliphatic rings. The van der Waals surface area contributed by atoms with E-state index < -0.39 is 0 Å². The minimum absolute atomic E-state index is 0.222. The Hall–Kier alpha value is -4.78. The second-order valence-corrected chi connectivity index (χ2v) is 7.84. The molecule has 0 aliphatic heterocycles. The van der Waals surface area contributed by atoms with Crippen LogP contribution in [0.2, 0.25) is 0 Å². The van der Waals surface area contributed by atoms with Crippen molar-refractivity contribution >= 4 is 17.3 Å². The lowest BCUT2D eigenvalue weighted by Crippen LogP contribution is -2.13. The smallest absolute Gasteiger partial charge is 0.255 e. The third kappa shape index (κ3) is 4.54. The summed E-state index contributed by atoms with van der Waals surface area (Å²) in [7, 11) is 0. The average molecular weight is 447 g/mol. The number of carbonyl (C=O) groups is 1. The maximum Gasteiger partial charge on any atom is 0.255 e. The number of nitrogens with one attached hydrogen (secondary N) is 1. The van der Waals surface area contributed by atoms with Gasteiger partial charge in [0.2, 0.25) is 0 Å². The van der Waals surface area contributed by atoms with E-state index in [2.05, 4.69) is 20.6 Å². The maximum absolute atomic E-state index is 12.9. The molecular formula is C27H22N6O. The number of aromatic nitrogens is 4. The zero-order valence-corrected chi connectivity index (χ0v) is 18.3. The van der Waals surface area contributed by atoms with Gasteiger partial charge in [-0.05, 0) is 53.1 Å². The monoisotopic (exact) mass is 446 g/mol. The number of rotatable bonds is 6. The van der Waals surface area contributed by atoms with Crippen molar-refractivity contribution in [3.8, 4) is 22.4 Å². The van der Waals surface area contributed by atoms with Crippen molar-refractivity contribution in [3.05, 3.63) is 115 Å². The van der Waals surface area contributed by atoms with Crippen molar-refractivity contribution in [1.29, 1.82) is 0 Å². The van der Waals surface area contributed by atoms with Crippen LogP contribution >= 0.6 is 0 Å². The number of benzene rings is 3. The van der Waals surface area contributed by atoms with Gasteiger partial charge in [-0.1, -0.05) is 53.7 Å². The molecule has 5 rings (SSSR count). The Balaban J connectivity index is 1.30. The third-order valence-electron chi connectivity index (χ3n) is 5.53. The van der Waals surface area contributed by atoms with E-state index in [-0.39, 0.29) is 5.91 Å². The summed E-state index contributed by atoms with van der Waals surface area (Å²) >= 11 is 0. The maximum atomic E-state index is 12.9. The molecule has 5 aromatic rings. The van der Waals surface area contributed by atoms with E-state index in [0.717, 1.165) is 27.9 Å². The summed E-state index contributed by atoms with van der Waals surface area (Å²) in [5.74, 6) is -0.222. The molecule has 34 heavy (non-hydrogen) atoms. The van der Waals surface area contributed by atoms with Gasteiger partial charge in [-0.3, -0.25) is 9.78 Å². The predicted molar refractivity (Wildman–Crippen MR) is 133 cm³/mol. The fourth-order valence-electron chi connectivity index (χ4n) is 3.72. The highest BCUT2D eigenvalue weighted by Gasteiger charge is 2.11. The zero-order chi connectivity index (χ0) is 23.3. The van der Waals surface area contributed by atoms with Gasteiger partial charge in [0, 0.05) is 23.5 Å². The van der Waals surface area contributed by atoms with E-state index >= 15 is 0 Å². The molecule has 0 unspecified atom stereocenters. The van der Waals surface area contributed by atoms with E-state index in [1.165, 1.54) is 0 Å². The summed E-state index contributed by atoms with van der Waals surface area (Å²) in [4.78, 5) is 17.0.